The SMILES string of the molecule is CCC(C)Oc1ccc(-c2nnc(CCC(=O)NCc3cccc(F)c3)c(=O)[nH]2)cc1OC. The summed E-state index contributed by atoms with van der Waals surface area (Å²) in [7, 11) is 1.54. The highest BCUT2D eigenvalue weighted by Gasteiger charge is 2.13. The van der Waals surface area contributed by atoms with Crippen LogP contribution in [0.15, 0.2) is 47.3 Å². The zero-order valence-corrected chi connectivity index (χ0v) is 18.9. The van der Waals surface area contributed by atoms with Crippen LogP contribution in [0.3, 0.4) is 0 Å². The number of nitrogens with zero attached hydrogens (tertiary/aromatic N) is 2. The van der Waals surface area contributed by atoms with Gasteiger partial charge in [0.2, 0.25) is 5.91 Å². The molecule has 0 aliphatic rings. The molecule has 0 saturated carbocycles. The second-order valence-electron chi connectivity index (χ2n) is 7.56. The number of aryl methyl sites for hydroxylation is 1. The summed E-state index contributed by atoms with van der Waals surface area (Å²) < 4.78 is 24.4. The van der Waals surface area contributed by atoms with Gasteiger partial charge in [0.15, 0.2) is 17.3 Å². The van der Waals surface area contributed by atoms with Crippen LogP contribution in [0.1, 0.15) is 37.9 Å². The summed E-state index contributed by atoms with van der Waals surface area (Å²) in [6, 6.07) is 11.2. The Hall–Kier alpha value is -3.75. The molecule has 1 amide bonds. The summed E-state index contributed by atoms with van der Waals surface area (Å²) in [5.74, 6) is 0.777. The average molecular weight is 455 g/mol. The molecule has 0 fully saturated rings. The van der Waals surface area contributed by atoms with E-state index in [0.29, 0.717) is 22.6 Å². The Kier molecular flexibility index (Phi) is 8.12. The lowest BCUT2D eigenvalue weighted by molar-refractivity contribution is -0.121. The van der Waals surface area contributed by atoms with Crippen molar-refractivity contribution >= 4 is 5.91 Å². The molecule has 0 aliphatic carbocycles. The van der Waals surface area contributed by atoms with E-state index < -0.39 is 5.56 Å². The number of H-pyrrole nitrogens is 1. The normalized spacial score (nSPS) is 11.6. The largest absolute Gasteiger partial charge is 0.493 e. The molecule has 174 valence electrons. The molecule has 0 radical (unpaired) electrons. The van der Waals surface area contributed by atoms with Crippen molar-refractivity contribution in [3.63, 3.8) is 0 Å². The lowest BCUT2D eigenvalue weighted by Crippen LogP contribution is -2.25. The summed E-state index contributed by atoms with van der Waals surface area (Å²) in [5, 5.41) is 10.8. The van der Waals surface area contributed by atoms with Crippen molar-refractivity contribution in [3.8, 4) is 22.9 Å². The Morgan fingerprint density at radius 1 is 1.18 bits per heavy atom. The van der Waals surface area contributed by atoms with Gasteiger partial charge in [-0.15, -0.1) is 10.2 Å². The maximum Gasteiger partial charge on any atom is 0.273 e. The molecule has 3 aromatic rings. The highest BCUT2D eigenvalue weighted by atomic mass is 19.1. The summed E-state index contributed by atoms with van der Waals surface area (Å²) in [4.78, 5) is 27.2. The molecule has 1 atom stereocenters. The fraction of sp³-hybridized carbons (Fsp3) is 0.333. The molecular weight excluding hydrogens is 427 g/mol. The van der Waals surface area contributed by atoms with Gasteiger partial charge in [-0.1, -0.05) is 19.1 Å². The molecule has 2 aromatic carbocycles. The summed E-state index contributed by atoms with van der Waals surface area (Å²) >= 11 is 0. The Bertz CT molecular complexity index is 1170. The molecule has 33 heavy (non-hydrogen) atoms. The molecule has 0 saturated heterocycles. The van der Waals surface area contributed by atoms with Crippen molar-refractivity contribution in [2.24, 2.45) is 0 Å². The van der Waals surface area contributed by atoms with E-state index in [1.807, 2.05) is 13.8 Å². The number of ether oxygens (including phenoxy) is 2. The molecule has 1 heterocycles. The number of carbonyl (C=O) groups is 1. The number of amides is 1. The number of hydrogen-bond acceptors (Lipinski definition) is 6. The highest BCUT2D eigenvalue weighted by molar-refractivity contribution is 5.76. The summed E-state index contributed by atoms with van der Waals surface area (Å²) in [6.07, 6.45) is 1.08. The quantitative estimate of drug-likeness (QED) is 0.486. The number of halogens is 1. The lowest BCUT2D eigenvalue weighted by atomic mass is 10.1. The third-order valence-electron chi connectivity index (χ3n) is 5.07. The number of hydrogen-bond donors (Lipinski definition) is 2. The third kappa shape index (κ3) is 6.61. The second kappa shape index (κ2) is 11.2. The maximum absolute atomic E-state index is 13.2. The summed E-state index contributed by atoms with van der Waals surface area (Å²) in [5.41, 5.74) is 1.01. The zero-order chi connectivity index (χ0) is 23.8. The van der Waals surface area contributed by atoms with E-state index in [4.69, 9.17) is 9.47 Å². The molecule has 0 aliphatic heterocycles. The minimum absolute atomic E-state index is 0.0368. The van der Waals surface area contributed by atoms with Gasteiger partial charge in [0.05, 0.1) is 13.2 Å². The van der Waals surface area contributed by atoms with Gasteiger partial charge in [-0.3, -0.25) is 9.59 Å². The Morgan fingerprint density at radius 2 is 2.00 bits per heavy atom. The van der Waals surface area contributed by atoms with Crippen LogP contribution in [0.4, 0.5) is 4.39 Å². The minimum atomic E-state index is -0.420. The number of aromatic amines is 1. The van der Waals surface area contributed by atoms with Crippen molar-refractivity contribution in [3.05, 3.63) is 69.9 Å². The van der Waals surface area contributed by atoms with Gasteiger partial charge in [-0.25, -0.2) is 4.39 Å². The first-order chi connectivity index (χ1) is 15.9. The number of benzene rings is 2. The van der Waals surface area contributed by atoms with Crippen molar-refractivity contribution in [1.29, 1.82) is 0 Å². The molecule has 1 unspecified atom stereocenters. The molecule has 0 bridgehead atoms. The topological polar surface area (TPSA) is 106 Å². The van der Waals surface area contributed by atoms with E-state index in [0.717, 1.165) is 6.42 Å². The Labute approximate surface area is 191 Å². The van der Waals surface area contributed by atoms with Crippen molar-refractivity contribution in [2.45, 2.75) is 45.8 Å². The van der Waals surface area contributed by atoms with Crippen LogP contribution in [-0.4, -0.2) is 34.3 Å². The van der Waals surface area contributed by atoms with Crippen LogP contribution in [-0.2, 0) is 17.8 Å². The van der Waals surface area contributed by atoms with Gasteiger partial charge in [0.25, 0.3) is 5.56 Å². The predicted molar refractivity (Wildman–Crippen MR) is 122 cm³/mol. The van der Waals surface area contributed by atoms with E-state index in [1.54, 1.807) is 37.4 Å². The lowest BCUT2D eigenvalue weighted by Gasteiger charge is -2.16. The number of aromatic nitrogens is 3. The fourth-order valence-electron chi connectivity index (χ4n) is 3.03. The number of nitrogens with one attached hydrogen (secondary N) is 2. The first kappa shape index (κ1) is 23.9. The van der Waals surface area contributed by atoms with Crippen LogP contribution in [0.5, 0.6) is 11.5 Å². The maximum atomic E-state index is 13.2. The van der Waals surface area contributed by atoms with E-state index in [1.165, 1.54) is 12.1 Å². The molecule has 0 spiro atoms. The summed E-state index contributed by atoms with van der Waals surface area (Å²) in [6.45, 7) is 4.20. The molecular formula is C24H27FN4O4. The predicted octanol–water partition coefficient (Wildman–Crippen LogP) is 3.41. The van der Waals surface area contributed by atoms with Gasteiger partial charge in [0, 0.05) is 24.9 Å². The fourth-order valence-corrected chi connectivity index (χ4v) is 3.03. The monoisotopic (exact) mass is 454 g/mol. The molecule has 8 nitrogen and oxygen atoms in total. The zero-order valence-electron chi connectivity index (χ0n) is 18.9. The average Bonchev–Trinajstić information content (AvgIpc) is 2.82. The van der Waals surface area contributed by atoms with Crippen molar-refractivity contribution in [1.82, 2.24) is 20.5 Å². The van der Waals surface area contributed by atoms with Gasteiger partial charge >= 0.3 is 0 Å². The third-order valence-corrected chi connectivity index (χ3v) is 5.07. The van der Waals surface area contributed by atoms with E-state index in [-0.39, 0.29) is 48.7 Å². The van der Waals surface area contributed by atoms with Crippen LogP contribution in [0, 0.1) is 5.82 Å². The molecule has 3 rings (SSSR count). The van der Waals surface area contributed by atoms with E-state index in [2.05, 4.69) is 20.5 Å². The minimum Gasteiger partial charge on any atom is -0.493 e. The highest BCUT2D eigenvalue weighted by Crippen LogP contribution is 2.32. The van der Waals surface area contributed by atoms with Crippen LogP contribution in [0.2, 0.25) is 0 Å². The first-order valence-corrected chi connectivity index (χ1v) is 10.7. The molecule has 1 aromatic heterocycles. The van der Waals surface area contributed by atoms with Crippen LogP contribution in [0.25, 0.3) is 11.4 Å². The number of methoxy groups -OCH3 is 1. The molecule has 2 N–H and O–H groups in total. The Balaban J connectivity index is 1.62. The number of carbonyl (C=O) groups excluding carboxylic acids is 1. The van der Waals surface area contributed by atoms with Crippen LogP contribution >= 0.6 is 0 Å². The number of rotatable bonds is 10. The Morgan fingerprint density at radius 3 is 2.70 bits per heavy atom. The second-order valence-corrected chi connectivity index (χ2v) is 7.56. The van der Waals surface area contributed by atoms with E-state index >= 15 is 0 Å². The van der Waals surface area contributed by atoms with Crippen LogP contribution < -0.4 is 20.3 Å². The smallest absolute Gasteiger partial charge is 0.273 e. The van der Waals surface area contributed by atoms with Crippen molar-refractivity contribution in [2.75, 3.05) is 7.11 Å². The standard InChI is InChI=1S/C24H27FN4O4/c1-4-15(2)33-20-10-8-17(13-21(20)32-3)23-27-24(31)19(28-29-23)9-11-22(30)26-14-16-6-5-7-18(25)12-16/h5-8,10,12-13,15H,4,9,11,14H2,1-3H3,(H,26,30)(H,27,29,31). The van der Waals surface area contributed by atoms with Gasteiger partial charge < -0.3 is 19.8 Å². The van der Waals surface area contributed by atoms with Crippen molar-refractivity contribution < 1.29 is 18.7 Å². The first-order valence-electron chi connectivity index (χ1n) is 10.7. The van der Waals surface area contributed by atoms with Gasteiger partial charge in [0.1, 0.15) is 11.5 Å². The molecule has 9 heteroatoms. The van der Waals surface area contributed by atoms with Gasteiger partial charge in [-0.2, -0.15) is 0 Å². The van der Waals surface area contributed by atoms with Gasteiger partial charge in [-0.05, 0) is 49.2 Å². The van der Waals surface area contributed by atoms with E-state index in [9.17, 15) is 14.0 Å².